The van der Waals surface area contributed by atoms with E-state index in [4.69, 9.17) is 0 Å². The molecule has 0 saturated heterocycles. The van der Waals surface area contributed by atoms with Crippen molar-refractivity contribution in [1.82, 2.24) is 3.86 Å². The Morgan fingerprint density at radius 3 is 2.14 bits per heavy atom. The SMILES string of the molecule is CC[CH2][GeH2][N](C)C. The summed E-state index contributed by atoms with van der Waals surface area (Å²) in [7, 11) is 4.38. The average molecular weight is 162 g/mol. The molecule has 0 rings (SSSR count). The summed E-state index contributed by atoms with van der Waals surface area (Å²) in [4.78, 5) is 0. The van der Waals surface area contributed by atoms with Crippen molar-refractivity contribution in [1.29, 1.82) is 0 Å². The van der Waals surface area contributed by atoms with Crippen LogP contribution in [0.4, 0.5) is 0 Å². The van der Waals surface area contributed by atoms with Gasteiger partial charge in [-0.1, -0.05) is 0 Å². The Kier molecular flexibility index (Phi) is 4.99. The molecule has 0 saturated carbocycles. The van der Waals surface area contributed by atoms with Crippen molar-refractivity contribution in [3.63, 3.8) is 0 Å². The maximum absolute atomic E-state index is 2.40. The molecule has 0 amide bonds. The first-order valence-corrected chi connectivity index (χ1v) is 6.34. The zero-order chi connectivity index (χ0) is 5.70. The predicted octanol–water partition coefficient (Wildman–Crippen LogP) is 0.460. The number of hydrogen-bond acceptors (Lipinski definition) is 1. The van der Waals surface area contributed by atoms with Crippen molar-refractivity contribution in [3.05, 3.63) is 0 Å². The van der Waals surface area contributed by atoms with Gasteiger partial charge in [0, 0.05) is 0 Å². The Labute approximate surface area is 52.8 Å². The molecule has 0 fully saturated rings. The number of rotatable bonds is 3. The van der Waals surface area contributed by atoms with Gasteiger partial charge in [0.15, 0.2) is 0 Å². The van der Waals surface area contributed by atoms with E-state index in [0.717, 1.165) is 0 Å². The molecule has 0 atom stereocenters. The Bertz CT molecular complexity index is 37.1. The van der Waals surface area contributed by atoms with Gasteiger partial charge in [-0.05, 0) is 0 Å². The van der Waals surface area contributed by atoms with E-state index < -0.39 is 0 Å². The summed E-state index contributed by atoms with van der Waals surface area (Å²) >= 11 is -0.189. The van der Waals surface area contributed by atoms with Crippen LogP contribution in [-0.2, 0) is 0 Å². The molecule has 0 aliphatic carbocycles. The van der Waals surface area contributed by atoms with E-state index in [1.54, 1.807) is 0 Å². The maximum atomic E-state index is 2.40. The topological polar surface area (TPSA) is 3.24 Å². The van der Waals surface area contributed by atoms with Gasteiger partial charge < -0.3 is 0 Å². The molecule has 0 aromatic rings. The Hall–Kier alpha value is 0.503. The van der Waals surface area contributed by atoms with Crippen LogP contribution in [0.25, 0.3) is 0 Å². The molecule has 0 heterocycles. The summed E-state index contributed by atoms with van der Waals surface area (Å²) in [5.74, 6) is 0. The molecule has 0 aromatic carbocycles. The van der Waals surface area contributed by atoms with Gasteiger partial charge in [-0.15, -0.1) is 0 Å². The molecule has 0 bridgehead atoms. The zero-order valence-electron chi connectivity index (χ0n) is 5.57. The van der Waals surface area contributed by atoms with Gasteiger partial charge >= 0.3 is 52.2 Å². The van der Waals surface area contributed by atoms with Crippen molar-refractivity contribution in [2.24, 2.45) is 0 Å². The average Bonchev–Trinajstić information content (AvgIpc) is 1.61. The molecule has 1 nitrogen and oxygen atoms in total. The van der Waals surface area contributed by atoms with Crippen LogP contribution < -0.4 is 0 Å². The second kappa shape index (κ2) is 4.66. The fourth-order valence-electron chi connectivity index (χ4n) is 0.474. The van der Waals surface area contributed by atoms with E-state index in [1.165, 1.54) is 11.7 Å². The summed E-state index contributed by atoms with van der Waals surface area (Å²) < 4.78 is 2.40. The third kappa shape index (κ3) is 6.50. The standard InChI is InChI=1S/C5H15GeN/c1-4-5-6-7(2)3/h4-6H2,1-3H3. The van der Waals surface area contributed by atoms with E-state index in [0.29, 0.717) is 0 Å². The van der Waals surface area contributed by atoms with Crippen LogP contribution in [0.3, 0.4) is 0 Å². The van der Waals surface area contributed by atoms with E-state index in [2.05, 4.69) is 24.9 Å². The first kappa shape index (κ1) is 7.50. The Morgan fingerprint density at radius 2 is 2.00 bits per heavy atom. The van der Waals surface area contributed by atoms with Crippen LogP contribution in [0.5, 0.6) is 0 Å². The third-order valence-corrected chi connectivity index (χ3v) is 4.98. The minimum atomic E-state index is -0.189. The van der Waals surface area contributed by atoms with Gasteiger partial charge in [0.05, 0.1) is 0 Å². The van der Waals surface area contributed by atoms with Gasteiger partial charge in [-0.3, -0.25) is 0 Å². The van der Waals surface area contributed by atoms with Crippen LogP contribution in [-0.4, -0.2) is 33.6 Å². The van der Waals surface area contributed by atoms with Crippen LogP contribution in [0, 0.1) is 0 Å². The molecule has 2 heteroatoms. The number of nitrogens with zero attached hydrogens (tertiary/aromatic N) is 1. The van der Waals surface area contributed by atoms with Crippen LogP contribution in [0.2, 0.25) is 5.25 Å². The minimum absolute atomic E-state index is 0.189. The van der Waals surface area contributed by atoms with E-state index in [1.807, 2.05) is 0 Å². The van der Waals surface area contributed by atoms with Crippen LogP contribution in [0.15, 0.2) is 0 Å². The molecule has 44 valence electrons. The van der Waals surface area contributed by atoms with Gasteiger partial charge in [0.1, 0.15) is 0 Å². The molecule has 0 aromatic heterocycles. The predicted molar refractivity (Wildman–Crippen MR) is 37.3 cm³/mol. The summed E-state index contributed by atoms with van der Waals surface area (Å²) in [5, 5.41) is 1.51. The van der Waals surface area contributed by atoms with Gasteiger partial charge in [0.25, 0.3) is 0 Å². The summed E-state index contributed by atoms with van der Waals surface area (Å²) in [6.45, 7) is 2.26. The fourth-order valence-corrected chi connectivity index (χ4v) is 2.46. The quantitative estimate of drug-likeness (QED) is 0.544. The van der Waals surface area contributed by atoms with Crippen LogP contribution in [0.1, 0.15) is 13.3 Å². The molecule has 0 radical (unpaired) electrons. The monoisotopic (exact) mass is 163 g/mol. The van der Waals surface area contributed by atoms with E-state index in [-0.39, 0.29) is 15.7 Å². The third-order valence-electron chi connectivity index (χ3n) is 0.959. The Balaban J connectivity index is 2.68. The van der Waals surface area contributed by atoms with Gasteiger partial charge in [-0.25, -0.2) is 0 Å². The van der Waals surface area contributed by atoms with Crippen molar-refractivity contribution in [3.8, 4) is 0 Å². The summed E-state index contributed by atoms with van der Waals surface area (Å²) in [5.41, 5.74) is 0. The second-order valence-corrected chi connectivity index (χ2v) is 7.23. The molecule has 0 aliphatic rings. The van der Waals surface area contributed by atoms with Crippen LogP contribution >= 0.6 is 0 Å². The molecule has 0 N–H and O–H groups in total. The summed E-state index contributed by atoms with van der Waals surface area (Å²) in [6, 6.07) is 0. The first-order valence-electron chi connectivity index (χ1n) is 2.92. The van der Waals surface area contributed by atoms with Crippen molar-refractivity contribution in [2.45, 2.75) is 18.6 Å². The van der Waals surface area contributed by atoms with Crippen molar-refractivity contribution < 1.29 is 0 Å². The normalized spacial score (nSPS) is 12.0. The molecular formula is C5H15GeN. The van der Waals surface area contributed by atoms with Crippen molar-refractivity contribution >= 4 is 15.7 Å². The van der Waals surface area contributed by atoms with E-state index in [9.17, 15) is 0 Å². The molecule has 7 heavy (non-hydrogen) atoms. The van der Waals surface area contributed by atoms with E-state index >= 15 is 0 Å². The van der Waals surface area contributed by atoms with Gasteiger partial charge in [0.2, 0.25) is 0 Å². The molecule has 0 unspecified atom stereocenters. The van der Waals surface area contributed by atoms with Crippen molar-refractivity contribution in [2.75, 3.05) is 14.1 Å². The Morgan fingerprint density at radius 1 is 1.43 bits per heavy atom. The summed E-state index contributed by atoms with van der Waals surface area (Å²) in [6.07, 6.45) is 1.39. The molecule has 0 spiro atoms. The van der Waals surface area contributed by atoms with Gasteiger partial charge in [-0.2, -0.15) is 0 Å². The molecule has 0 aliphatic heterocycles. The zero-order valence-corrected chi connectivity index (χ0v) is 8.54. The fraction of sp³-hybridized carbons (Fsp3) is 1.00. The second-order valence-electron chi connectivity index (χ2n) is 2.16. The molecular weight excluding hydrogens is 147 g/mol. The first-order chi connectivity index (χ1) is 3.27. The number of hydrogen-bond donors (Lipinski definition) is 0.